The molecule has 19 heavy (non-hydrogen) atoms. The Hall–Kier alpha value is -1.22. The van der Waals surface area contributed by atoms with E-state index in [2.05, 4.69) is 55.3 Å². The predicted octanol–water partition coefficient (Wildman–Crippen LogP) is 3.05. The lowest BCUT2D eigenvalue weighted by Gasteiger charge is -2.19. The van der Waals surface area contributed by atoms with Crippen molar-refractivity contribution in [2.45, 2.75) is 45.8 Å². The quantitative estimate of drug-likeness (QED) is 0.853. The van der Waals surface area contributed by atoms with Crippen LogP contribution in [0.5, 0.6) is 5.75 Å². The fourth-order valence-corrected chi connectivity index (χ4v) is 2.52. The van der Waals surface area contributed by atoms with Gasteiger partial charge in [-0.2, -0.15) is 0 Å². The molecule has 3 heteroatoms. The summed E-state index contributed by atoms with van der Waals surface area (Å²) in [7, 11) is 0. The smallest absolute Gasteiger partial charge is 0.119 e. The van der Waals surface area contributed by atoms with Crippen molar-refractivity contribution < 1.29 is 4.74 Å². The van der Waals surface area contributed by atoms with E-state index in [-0.39, 0.29) is 6.10 Å². The van der Waals surface area contributed by atoms with Crippen molar-refractivity contribution in [2.75, 3.05) is 24.5 Å². The molecule has 0 radical (unpaired) electrons. The van der Waals surface area contributed by atoms with Gasteiger partial charge in [0.2, 0.25) is 0 Å². The zero-order valence-electron chi connectivity index (χ0n) is 12.4. The topological polar surface area (TPSA) is 24.5 Å². The number of anilines is 1. The Balaban J connectivity index is 1.89. The lowest BCUT2D eigenvalue weighted by molar-refractivity contribution is 0.242. The van der Waals surface area contributed by atoms with Crippen molar-refractivity contribution in [2.24, 2.45) is 0 Å². The molecular weight excluding hydrogens is 236 g/mol. The Labute approximate surface area is 116 Å². The minimum atomic E-state index is 0.236. The van der Waals surface area contributed by atoms with Gasteiger partial charge in [0.15, 0.2) is 0 Å². The van der Waals surface area contributed by atoms with E-state index >= 15 is 0 Å². The van der Waals surface area contributed by atoms with E-state index < -0.39 is 0 Å². The van der Waals surface area contributed by atoms with Crippen LogP contribution >= 0.6 is 0 Å². The van der Waals surface area contributed by atoms with Crippen LogP contribution in [0.3, 0.4) is 0 Å². The van der Waals surface area contributed by atoms with Gasteiger partial charge in [0.1, 0.15) is 5.75 Å². The Kier molecular flexibility index (Phi) is 5.08. The number of ether oxygens (including phenoxy) is 1. The first-order valence-electron chi connectivity index (χ1n) is 7.44. The highest BCUT2D eigenvalue weighted by atomic mass is 16.5. The highest BCUT2D eigenvalue weighted by molar-refractivity contribution is 5.50. The summed E-state index contributed by atoms with van der Waals surface area (Å²) in [6.45, 7) is 9.71. The third-order valence-electron chi connectivity index (χ3n) is 3.44. The van der Waals surface area contributed by atoms with Crippen LogP contribution in [0.2, 0.25) is 0 Å². The fraction of sp³-hybridized carbons (Fsp3) is 0.625. The molecule has 0 saturated carbocycles. The van der Waals surface area contributed by atoms with Gasteiger partial charge in [-0.25, -0.2) is 0 Å². The summed E-state index contributed by atoms with van der Waals surface area (Å²) in [6.07, 6.45) is 2.68. The van der Waals surface area contributed by atoms with Crippen molar-refractivity contribution >= 4 is 5.69 Å². The maximum Gasteiger partial charge on any atom is 0.119 e. The zero-order valence-corrected chi connectivity index (χ0v) is 12.4. The predicted molar refractivity (Wildman–Crippen MR) is 81.1 cm³/mol. The third kappa shape index (κ3) is 4.13. The first kappa shape index (κ1) is 14.2. The van der Waals surface area contributed by atoms with Crippen LogP contribution < -0.4 is 15.0 Å². The zero-order chi connectivity index (χ0) is 13.7. The van der Waals surface area contributed by atoms with Gasteiger partial charge in [0.05, 0.1) is 6.10 Å². The summed E-state index contributed by atoms with van der Waals surface area (Å²) in [6, 6.07) is 9.12. The van der Waals surface area contributed by atoms with Gasteiger partial charge < -0.3 is 15.0 Å². The van der Waals surface area contributed by atoms with Gasteiger partial charge in [-0.05, 0) is 57.5 Å². The highest BCUT2D eigenvalue weighted by Crippen LogP contribution is 2.23. The number of nitrogens with one attached hydrogen (secondary N) is 1. The molecule has 0 bridgehead atoms. The Bertz CT molecular complexity index is 375. The van der Waals surface area contributed by atoms with Crippen LogP contribution in [0.4, 0.5) is 5.69 Å². The number of nitrogens with zero attached hydrogens (tertiary/aromatic N) is 1. The van der Waals surface area contributed by atoms with Crippen LogP contribution in [0.1, 0.15) is 33.6 Å². The standard InChI is InChI=1S/C16H26N2O/c1-4-10-17-14-9-11-18(12-14)15-5-7-16(8-6-15)19-13(2)3/h5-8,13-14,17H,4,9-12H2,1-3H3. The van der Waals surface area contributed by atoms with Crippen LogP contribution in [-0.2, 0) is 0 Å². The Morgan fingerprint density at radius 1 is 1.32 bits per heavy atom. The van der Waals surface area contributed by atoms with Crippen molar-refractivity contribution in [3.63, 3.8) is 0 Å². The van der Waals surface area contributed by atoms with E-state index in [1.807, 2.05) is 0 Å². The van der Waals surface area contributed by atoms with Crippen LogP contribution in [0.25, 0.3) is 0 Å². The van der Waals surface area contributed by atoms with Gasteiger partial charge >= 0.3 is 0 Å². The van der Waals surface area contributed by atoms with Crippen molar-refractivity contribution in [1.29, 1.82) is 0 Å². The second-order valence-corrected chi connectivity index (χ2v) is 5.55. The van der Waals surface area contributed by atoms with E-state index in [4.69, 9.17) is 4.74 Å². The molecular formula is C16H26N2O. The lowest BCUT2D eigenvalue weighted by atomic mass is 10.2. The molecule has 1 heterocycles. The molecule has 0 amide bonds. The normalized spacial score (nSPS) is 19.2. The third-order valence-corrected chi connectivity index (χ3v) is 3.44. The molecule has 1 atom stereocenters. The first-order valence-corrected chi connectivity index (χ1v) is 7.44. The second kappa shape index (κ2) is 6.80. The van der Waals surface area contributed by atoms with Gasteiger partial charge in [-0.15, -0.1) is 0 Å². The number of hydrogen-bond acceptors (Lipinski definition) is 3. The van der Waals surface area contributed by atoms with E-state index in [1.54, 1.807) is 0 Å². The molecule has 1 aromatic carbocycles. The average Bonchev–Trinajstić information content (AvgIpc) is 2.85. The molecule has 106 valence electrons. The lowest BCUT2D eigenvalue weighted by Crippen LogP contribution is -2.32. The number of benzene rings is 1. The molecule has 0 aliphatic carbocycles. The molecule has 1 unspecified atom stereocenters. The van der Waals surface area contributed by atoms with E-state index in [9.17, 15) is 0 Å². The molecule has 3 nitrogen and oxygen atoms in total. The average molecular weight is 262 g/mol. The van der Waals surface area contributed by atoms with Crippen LogP contribution in [0, 0.1) is 0 Å². The number of hydrogen-bond donors (Lipinski definition) is 1. The molecule has 1 aliphatic rings. The first-order chi connectivity index (χ1) is 9.19. The maximum atomic E-state index is 5.68. The summed E-state index contributed by atoms with van der Waals surface area (Å²) in [5.74, 6) is 0.957. The molecule has 1 fully saturated rings. The van der Waals surface area contributed by atoms with Crippen LogP contribution in [0.15, 0.2) is 24.3 Å². The molecule has 1 saturated heterocycles. The maximum absolute atomic E-state index is 5.68. The van der Waals surface area contributed by atoms with Crippen LogP contribution in [-0.4, -0.2) is 31.8 Å². The summed E-state index contributed by atoms with van der Waals surface area (Å²) >= 11 is 0. The minimum Gasteiger partial charge on any atom is -0.491 e. The summed E-state index contributed by atoms with van der Waals surface area (Å²) in [5.41, 5.74) is 1.30. The highest BCUT2D eigenvalue weighted by Gasteiger charge is 2.21. The Morgan fingerprint density at radius 2 is 2.05 bits per heavy atom. The van der Waals surface area contributed by atoms with E-state index in [1.165, 1.54) is 18.5 Å². The van der Waals surface area contributed by atoms with Crippen molar-refractivity contribution in [1.82, 2.24) is 5.32 Å². The molecule has 1 aliphatic heterocycles. The minimum absolute atomic E-state index is 0.236. The van der Waals surface area contributed by atoms with Gasteiger partial charge in [-0.1, -0.05) is 6.92 Å². The molecule has 1 aromatic rings. The Morgan fingerprint density at radius 3 is 2.68 bits per heavy atom. The summed E-state index contributed by atoms with van der Waals surface area (Å²) in [5, 5.41) is 3.60. The molecule has 0 spiro atoms. The van der Waals surface area contributed by atoms with Gasteiger partial charge in [0, 0.05) is 24.8 Å². The SMILES string of the molecule is CCCNC1CCN(c2ccc(OC(C)C)cc2)C1. The van der Waals surface area contributed by atoms with E-state index in [0.29, 0.717) is 6.04 Å². The monoisotopic (exact) mass is 262 g/mol. The molecule has 0 aromatic heterocycles. The number of rotatable bonds is 6. The summed E-state index contributed by atoms with van der Waals surface area (Å²) < 4.78 is 5.68. The summed E-state index contributed by atoms with van der Waals surface area (Å²) in [4.78, 5) is 2.45. The molecule has 1 N–H and O–H groups in total. The largest absolute Gasteiger partial charge is 0.491 e. The van der Waals surface area contributed by atoms with Gasteiger partial charge in [-0.3, -0.25) is 0 Å². The van der Waals surface area contributed by atoms with Crippen molar-refractivity contribution in [3.05, 3.63) is 24.3 Å². The van der Waals surface area contributed by atoms with E-state index in [0.717, 1.165) is 25.4 Å². The van der Waals surface area contributed by atoms with Crippen molar-refractivity contribution in [3.8, 4) is 5.75 Å². The van der Waals surface area contributed by atoms with Gasteiger partial charge in [0.25, 0.3) is 0 Å². The molecule has 2 rings (SSSR count). The second-order valence-electron chi connectivity index (χ2n) is 5.55. The fourth-order valence-electron chi connectivity index (χ4n) is 2.52.